The van der Waals surface area contributed by atoms with E-state index in [0.29, 0.717) is 0 Å². The smallest absolute Gasteiger partial charge is 0.0710 e. The second-order valence-electron chi connectivity index (χ2n) is 8.93. The molecule has 6 rings (SSSR count). The normalized spacial score (nSPS) is 18.7. The second kappa shape index (κ2) is 7.50. The molecule has 0 fully saturated rings. The first-order valence-corrected chi connectivity index (χ1v) is 11.5. The summed E-state index contributed by atoms with van der Waals surface area (Å²) in [6.07, 6.45) is 9.36. The number of benzene rings is 4. The highest BCUT2D eigenvalue weighted by Crippen LogP contribution is 2.57. The van der Waals surface area contributed by atoms with Crippen molar-refractivity contribution in [2.24, 2.45) is 0 Å². The van der Waals surface area contributed by atoms with Gasteiger partial charge in [0.1, 0.15) is 0 Å². The molecular formula is C32H26. The molecule has 0 nitrogen and oxygen atoms in total. The van der Waals surface area contributed by atoms with Crippen molar-refractivity contribution in [1.82, 2.24) is 0 Å². The standard InChI is InChI=1S/C32H26/c1-23-11-10-12-24(21-23)25-19-20-31-29(22-25)28-17-8-9-18-30(28)32(31,26-13-4-2-5-14-26)27-15-6-3-7-16-27/h2,4-6,8-22H,3,7H2,1H3. The van der Waals surface area contributed by atoms with Crippen molar-refractivity contribution in [3.63, 3.8) is 0 Å². The molecule has 0 N–H and O–H groups in total. The van der Waals surface area contributed by atoms with Crippen molar-refractivity contribution in [3.8, 4) is 22.3 Å². The molecule has 0 heteroatoms. The largest absolute Gasteiger partial charge is 0.0839 e. The molecule has 2 aliphatic rings. The lowest BCUT2D eigenvalue weighted by Gasteiger charge is -2.35. The summed E-state index contributed by atoms with van der Waals surface area (Å²) in [5.41, 5.74) is 11.8. The van der Waals surface area contributed by atoms with E-state index in [9.17, 15) is 0 Å². The van der Waals surface area contributed by atoms with Crippen molar-refractivity contribution >= 4 is 0 Å². The summed E-state index contributed by atoms with van der Waals surface area (Å²) in [4.78, 5) is 0. The van der Waals surface area contributed by atoms with Crippen LogP contribution < -0.4 is 0 Å². The Morgan fingerprint density at radius 3 is 2.22 bits per heavy atom. The molecule has 0 aromatic heterocycles. The maximum Gasteiger partial charge on any atom is 0.0710 e. The van der Waals surface area contributed by atoms with Crippen LogP contribution in [-0.2, 0) is 5.41 Å². The van der Waals surface area contributed by atoms with E-state index < -0.39 is 0 Å². The summed E-state index contributed by atoms with van der Waals surface area (Å²) >= 11 is 0. The minimum absolute atomic E-state index is 0.269. The monoisotopic (exact) mass is 410 g/mol. The van der Waals surface area contributed by atoms with Gasteiger partial charge in [0.25, 0.3) is 0 Å². The molecule has 0 aliphatic heterocycles. The maximum absolute atomic E-state index is 2.45. The van der Waals surface area contributed by atoms with E-state index in [1.54, 1.807) is 0 Å². The molecule has 4 aromatic carbocycles. The van der Waals surface area contributed by atoms with Crippen LogP contribution in [0.5, 0.6) is 0 Å². The van der Waals surface area contributed by atoms with Crippen LogP contribution in [0.2, 0.25) is 0 Å². The van der Waals surface area contributed by atoms with Gasteiger partial charge in [-0.2, -0.15) is 0 Å². The number of allylic oxidation sites excluding steroid dienone is 4. The van der Waals surface area contributed by atoms with Crippen LogP contribution in [0.3, 0.4) is 0 Å². The average Bonchev–Trinajstić information content (AvgIpc) is 3.16. The first-order chi connectivity index (χ1) is 15.8. The van der Waals surface area contributed by atoms with Crippen molar-refractivity contribution in [2.75, 3.05) is 0 Å². The SMILES string of the molecule is Cc1cccc(-c2ccc3c(c2)-c2ccccc2C3(C2=CCCC=C2)c2ccccc2)c1. The van der Waals surface area contributed by atoms with E-state index in [0.717, 1.165) is 12.8 Å². The zero-order chi connectivity index (χ0) is 21.5. The lowest BCUT2D eigenvalue weighted by molar-refractivity contribution is 0.751. The van der Waals surface area contributed by atoms with Gasteiger partial charge in [0, 0.05) is 0 Å². The molecule has 0 amide bonds. The lowest BCUT2D eigenvalue weighted by atomic mass is 9.66. The highest BCUT2D eigenvalue weighted by atomic mass is 14.5. The predicted octanol–water partition coefficient (Wildman–Crippen LogP) is 8.25. The molecule has 0 spiro atoms. The Kier molecular flexibility index (Phi) is 4.47. The van der Waals surface area contributed by atoms with Gasteiger partial charge in [-0.3, -0.25) is 0 Å². The van der Waals surface area contributed by atoms with Crippen LogP contribution in [0.1, 0.15) is 35.1 Å². The lowest BCUT2D eigenvalue weighted by Crippen LogP contribution is -2.29. The van der Waals surface area contributed by atoms with Crippen molar-refractivity contribution in [3.05, 3.63) is 143 Å². The summed E-state index contributed by atoms with van der Waals surface area (Å²) in [6.45, 7) is 2.16. The Morgan fingerprint density at radius 1 is 0.625 bits per heavy atom. The summed E-state index contributed by atoms with van der Waals surface area (Å²) in [6, 6.07) is 35.9. The highest BCUT2D eigenvalue weighted by molar-refractivity contribution is 5.89. The van der Waals surface area contributed by atoms with E-state index in [1.807, 2.05) is 0 Å². The van der Waals surface area contributed by atoms with Crippen LogP contribution in [0.25, 0.3) is 22.3 Å². The molecule has 4 aromatic rings. The fourth-order valence-electron chi connectivity index (χ4n) is 5.66. The first kappa shape index (κ1) is 19.1. The minimum Gasteiger partial charge on any atom is -0.0839 e. The number of rotatable bonds is 3. The molecule has 0 saturated heterocycles. The van der Waals surface area contributed by atoms with Gasteiger partial charge in [0.2, 0.25) is 0 Å². The van der Waals surface area contributed by atoms with Gasteiger partial charge in [-0.05, 0) is 70.3 Å². The van der Waals surface area contributed by atoms with Crippen LogP contribution in [0.15, 0.2) is 121 Å². The summed E-state index contributed by atoms with van der Waals surface area (Å²) in [5, 5.41) is 0. The van der Waals surface area contributed by atoms with Gasteiger partial charge in [0.15, 0.2) is 0 Å². The van der Waals surface area contributed by atoms with E-state index in [4.69, 9.17) is 0 Å². The highest BCUT2D eigenvalue weighted by Gasteiger charge is 2.46. The average molecular weight is 411 g/mol. The zero-order valence-corrected chi connectivity index (χ0v) is 18.4. The Hall–Kier alpha value is -3.64. The molecule has 0 heterocycles. The molecule has 154 valence electrons. The van der Waals surface area contributed by atoms with Crippen molar-refractivity contribution in [2.45, 2.75) is 25.2 Å². The minimum atomic E-state index is -0.269. The molecule has 0 bridgehead atoms. The van der Waals surface area contributed by atoms with E-state index in [2.05, 4.69) is 122 Å². The third kappa shape index (κ3) is 2.76. The van der Waals surface area contributed by atoms with Crippen LogP contribution in [-0.4, -0.2) is 0 Å². The Morgan fingerprint density at radius 2 is 1.41 bits per heavy atom. The van der Waals surface area contributed by atoms with E-state index >= 15 is 0 Å². The van der Waals surface area contributed by atoms with Gasteiger partial charge in [-0.15, -0.1) is 0 Å². The van der Waals surface area contributed by atoms with Crippen molar-refractivity contribution in [1.29, 1.82) is 0 Å². The van der Waals surface area contributed by atoms with E-state index in [1.165, 1.54) is 50.1 Å². The Bertz CT molecular complexity index is 1370. The van der Waals surface area contributed by atoms with Gasteiger partial charge in [-0.25, -0.2) is 0 Å². The molecular weight excluding hydrogens is 384 g/mol. The summed E-state index contributed by atoms with van der Waals surface area (Å²) < 4.78 is 0. The number of aryl methyl sites for hydroxylation is 1. The molecule has 2 aliphatic carbocycles. The fraction of sp³-hybridized carbons (Fsp3) is 0.125. The van der Waals surface area contributed by atoms with Crippen LogP contribution >= 0.6 is 0 Å². The first-order valence-electron chi connectivity index (χ1n) is 11.5. The Balaban J connectivity index is 1.68. The third-order valence-electron chi connectivity index (χ3n) is 7.03. The van der Waals surface area contributed by atoms with Crippen LogP contribution in [0.4, 0.5) is 0 Å². The topological polar surface area (TPSA) is 0 Å². The van der Waals surface area contributed by atoms with E-state index in [-0.39, 0.29) is 5.41 Å². The summed E-state index contributed by atoms with van der Waals surface area (Å²) in [5.74, 6) is 0. The van der Waals surface area contributed by atoms with Gasteiger partial charge in [-0.1, -0.05) is 115 Å². The molecule has 1 unspecified atom stereocenters. The molecule has 0 saturated carbocycles. The second-order valence-corrected chi connectivity index (χ2v) is 8.93. The van der Waals surface area contributed by atoms with Gasteiger partial charge < -0.3 is 0 Å². The van der Waals surface area contributed by atoms with Gasteiger partial charge in [0.05, 0.1) is 5.41 Å². The molecule has 1 atom stereocenters. The quantitative estimate of drug-likeness (QED) is 0.319. The zero-order valence-electron chi connectivity index (χ0n) is 18.4. The number of hydrogen-bond acceptors (Lipinski definition) is 0. The maximum atomic E-state index is 2.45. The fourth-order valence-corrected chi connectivity index (χ4v) is 5.66. The number of hydrogen-bond donors (Lipinski definition) is 0. The molecule has 0 radical (unpaired) electrons. The Labute approximate surface area is 190 Å². The number of fused-ring (bicyclic) bond motifs is 3. The predicted molar refractivity (Wildman–Crippen MR) is 135 cm³/mol. The van der Waals surface area contributed by atoms with Crippen molar-refractivity contribution < 1.29 is 0 Å². The third-order valence-corrected chi connectivity index (χ3v) is 7.03. The van der Waals surface area contributed by atoms with Gasteiger partial charge >= 0.3 is 0 Å². The molecule has 32 heavy (non-hydrogen) atoms. The summed E-state index contributed by atoms with van der Waals surface area (Å²) in [7, 11) is 0. The van der Waals surface area contributed by atoms with Crippen LogP contribution in [0, 0.1) is 6.92 Å².